The first-order chi connectivity index (χ1) is 9.89. The third-order valence-electron chi connectivity index (χ3n) is 3.30. The van der Waals surface area contributed by atoms with Crippen LogP contribution in [0.4, 0.5) is 10.1 Å². The third-order valence-corrected chi connectivity index (χ3v) is 3.30. The summed E-state index contributed by atoms with van der Waals surface area (Å²) in [7, 11) is 0. The molecule has 1 aromatic rings. The Labute approximate surface area is 121 Å². The van der Waals surface area contributed by atoms with Crippen LogP contribution in [0.15, 0.2) is 18.2 Å². The van der Waals surface area contributed by atoms with Crippen molar-refractivity contribution in [3.63, 3.8) is 0 Å². The van der Waals surface area contributed by atoms with E-state index in [4.69, 9.17) is 4.74 Å². The van der Waals surface area contributed by atoms with Gasteiger partial charge >= 0.3 is 11.8 Å². The maximum absolute atomic E-state index is 13.3. The fourth-order valence-electron chi connectivity index (χ4n) is 1.92. The Kier molecular flexibility index (Phi) is 4.54. The molecule has 1 atom stereocenters. The molecule has 1 aliphatic rings. The molecule has 114 valence electrons. The molecule has 1 saturated heterocycles. The zero-order valence-corrected chi connectivity index (χ0v) is 11.6. The van der Waals surface area contributed by atoms with Gasteiger partial charge in [-0.25, -0.2) is 4.39 Å². The predicted octanol–water partition coefficient (Wildman–Crippen LogP) is 0.340. The fraction of sp³-hybridized carbons (Fsp3) is 0.429. The van der Waals surface area contributed by atoms with E-state index in [1.807, 2.05) is 0 Å². The average Bonchev–Trinajstić information content (AvgIpc) is 2.87. The van der Waals surface area contributed by atoms with E-state index in [1.165, 1.54) is 12.1 Å². The number of aryl methyl sites for hydroxylation is 1. The van der Waals surface area contributed by atoms with Crippen LogP contribution in [0.25, 0.3) is 0 Å². The van der Waals surface area contributed by atoms with Crippen molar-refractivity contribution in [2.24, 2.45) is 0 Å². The maximum Gasteiger partial charge on any atom is 0.313 e. The van der Waals surface area contributed by atoms with Gasteiger partial charge in [0.05, 0.1) is 6.61 Å². The van der Waals surface area contributed by atoms with Crippen LogP contribution in [0.3, 0.4) is 0 Å². The Hall–Kier alpha value is -1.99. The lowest BCUT2D eigenvalue weighted by Crippen LogP contribution is -2.46. The normalized spacial score (nSPS) is 21.1. The summed E-state index contributed by atoms with van der Waals surface area (Å²) in [4.78, 5) is 23.3. The largest absolute Gasteiger partial charge is 0.386 e. The number of anilines is 1. The van der Waals surface area contributed by atoms with E-state index in [0.29, 0.717) is 18.6 Å². The molecule has 0 bridgehead atoms. The first-order valence-corrected chi connectivity index (χ1v) is 6.55. The summed E-state index contributed by atoms with van der Waals surface area (Å²) in [5.74, 6) is -2.28. The molecule has 7 heteroatoms. The molecule has 1 fully saturated rings. The fourth-order valence-corrected chi connectivity index (χ4v) is 1.92. The number of ether oxygens (including phenoxy) is 1. The smallest absolute Gasteiger partial charge is 0.313 e. The molecule has 1 aliphatic heterocycles. The molecule has 1 aromatic carbocycles. The number of hydrogen-bond donors (Lipinski definition) is 3. The zero-order chi connectivity index (χ0) is 15.5. The van der Waals surface area contributed by atoms with Gasteiger partial charge in [-0.3, -0.25) is 9.59 Å². The lowest BCUT2D eigenvalue weighted by molar-refractivity contribution is -0.136. The van der Waals surface area contributed by atoms with Crippen LogP contribution in [0.1, 0.15) is 12.0 Å². The predicted molar refractivity (Wildman–Crippen MR) is 73.2 cm³/mol. The van der Waals surface area contributed by atoms with Gasteiger partial charge in [0.25, 0.3) is 0 Å². The number of carbonyl (C=O) groups excluding carboxylic acids is 2. The standard InChI is InChI=1S/C14H17FN2O4/c1-9-2-3-10(6-11(9)15)17-13(19)12(18)16-7-14(20)4-5-21-8-14/h2-3,6,20H,4-5,7-8H2,1H3,(H,16,18)(H,17,19)/t14-/m1/s1. The highest BCUT2D eigenvalue weighted by Gasteiger charge is 2.33. The molecule has 0 spiro atoms. The number of benzene rings is 1. The Morgan fingerprint density at radius 3 is 2.81 bits per heavy atom. The van der Waals surface area contributed by atoms with Gasteiger partial charge in [-0.1, -0.05) is 6.07 Å². The van der Waals surface area contributed by atoms with Crippen molar-refractivity contribution < 1.29 is 23.8 Å². The highest BCUT2D eigenvalue weighted by atomic mass is 19.1. The quantitative estimate of drug-likeness (QED) is 0.702. The number of carbonyl (C=O) groups is 2. The van der Waals surface area contributed by atoms with Crippen LogP contribution in [0.2, 0.25) is 0 Å². The number of aliphatic hydroxyl groups is 1. The second-order valence-corrected chi connectivity index (χ2v) is 5.13. The van der Waals surface area contributed by atoms with E-state index in [9.17, 15) is 19.1 Å². The number of halogens is 1. The van der Waals surface area contributed by atoms with Crippen LogP contribution in [0, 0.1) is 12.7 Å². The molecule has 1 heterocycles. The molecule has 3 N–H and O–H groups in total. The van der Waals surface area contributed by atoms with E-state index < -0.39 is 23.2 Å². The van der Waals surface area contributed by atoms with Crippen LogP contribution in [-0.2, 0) is 14.3 Å². The summed E-state index contributed by atoms with van der Waals surface area (Å²) in [5, 5.41) is 14.6. The molecule has 0 saturated carbocycles. The topological polar surface area (TPSA) is 87.7 Å². The summed E-state index contributed by atoms with van der Waals surface area (Å²) in [6.45, 7) is 2.07. The molecular weight excluding hydrogens is 279 g/mol. The van der Waals surface area contributed by atoms with Crippen molar-refractivity contribution >= 4 is 17.5 Å². The Bertz CT molecular complexity index is 556. The molecule has 0 radical (unpaired) electrons. The van der Waals surface area contributed by atoms with E-state index in [1.54, 1.807) is 6.92 Å². The van der Waals surface area contributed by atoms with Gasteiger partial charge in [0.1, 0.15) is 11.4 Å². The molecule has 0 aromatic heterocycles. The Morgan fingerprint density at radius 1 is 1.43 bits per heavy atom. The van der Waals surface area contributed by atoms with E-state index in [2.05, 4.69) is 10.6 Å². The summed E-state index contributed by atoms with van der Waals surface area (Å²) in [6, 6.07) is 4.14. The van der Waals surface area contributed by atoms with Gasteiger partial charge in [0.2, 0.25) is 0 Å². The zero-order valence-electron chi connectivity index (χ0n) is 11.6. The van der Waals surface area contributed by atoms with E-state index in [0.717, 1.165) is 6.07 Å². The highest BCUT2D eigenvalue weighted by Crippen LogP contribution is 2.17. The minimum atomic E-state index is -1.13. The maximum atomic E-state index is 13.3. The number of rotatable bonds is 3. The van der Waals surface area contributed by atoms with Gasteiger partial charge < -0.3 is 20.5 Å². The number of hydrogen-bond acceptors (Lipinski definition) is 4. The second kappa shape index (κ2) is 6.19. The molecular formula is C14H17FN2O4. The minimum Gasteiger partial charge on any atom is -0.386 e. The van der Waals surface area contributed by atoms with Crippen LogP contribution in [0.5, 0.6) is 0 Å². The first-order valence-electron chi connectivity index (χ1n) is 6.55. The lowest BCUT2D eigenvalue weighted by Gasteiger charge is -2.20. The van der Waals surface area contributed by atoms with E-state index in [-0.39, 0.29) is 18.8 Å². The van der Waals surface area contributed by atoms with Crippen molar-refractivity contribution in [1.29, 1.82) is 0 Å². The third kappa shape index (κ3) is 3.99. The average molecular weight is 296 g/mol. The molecule has 2 rings (SSSR count). The van der Waals surface area contributed by atoms with E-state index >= 15 is 0 Å². The Balaban J connectivity index is 1.87. The van der Waals surface area contributed by atoms with Gasteiger partial charge in [-0.2, -0.15) is 0 Å². The highest BCUT2D eigenvalue weighted by molar-refractivity contribution is 6.39. The number of nitrogens with one attached hydrogen (secondary N) is 2. The Morgan fingerprint density at radius 2 is 2.19 bits per heavy atom. The molecule has 0 unspecified atom stereocenters. The van der Waals surface area contributed by atoms with Crippen molar-refractivity contribution in [2.75, 3.05) is 25.1 Å². The minimum absolute atomic E-state index is 0.0679. The van der Waals surface area contributed by atoms with Crippen LogP contribution < -0.4 is 10.6 Å². The van der Waals surface area contributed by atoms with Crippen molar-refractivity contribution in [3.05, 3.63) is 29.6 Å². The number of amides is 2. The summed E-state index contributed by atoms with van der Waals surface area (Å²) >= 11 is 0. The van der Waals surface area contributed by atoms with Gasteiger partial charge in [0, 0.05) is 25.3 Å². The summed E-state index contributed by atoms with van der Waals surface area (Å²) in [6.07, 6.45) is 0.401. The van der Waals surface area contributed by atoms with Crippen molar-refractivity contribution in [2.45, 2.75) is 18.9 Å². The molecule has 21 heavy (non-hydrogen) atoms. The lowest BCUT2D eigenvalue weighted by atomic mass is 10.0. The SMILES string of the molecule is Cc1ccc(NC(=O)C(=O)NC[C@]2(O)CCOC2)cc1F. The first kappa shape index (κ1) is 15.4. The molecule has 0 aliphatic carbocycles. The van der Waals surface area contributed by atoms with Crippen molar-refractivity contribution in [3.8, 4) is 0 Å². The van der Waals surface area contributed by atoms with Gasteiger partial charge in [-0.15, -0.1) is 0 Å². The molecule has 2 amide bonds. The van der Waals surface area contributed by atoms with Crippen LogP contribution in [-0.4, -0.2) is 42.3 Å². The van der Waals surface area contributed by atoms with Gasteiger partial charge in [0.15, 0.2) is 0 Å². The monoisotopic (exact) mass is 296 g/mol. The van der Waals surface area contributed by atoms with Gasteiger partial charge in [-0.05, 0) is 24.6 Å². The second-order valence-electron chi connectivity index (χ2n) is 5.13. The van der Waals surface area contributed by atoms with Crippen molar-refractivity contribution in [1.82, 2.24) is 5.32 Å². The summed E-state index contributed by atoms with van der Waals surface area (Å²) in [5.41, 5.74) is -0.492. The van der Waals surface area contributed by atoms with Crippen LogP contribution >= 0.6 is 0 Å². The molecule has 6 nitrogen and oxygen atoms in total. The summed E-state index contributed by atoms with van der Waals surface area (Å²) < 4.78 is 18.4.